The number of fused-ring (bicyclic) bond motifs is 8. The van der Waals surface area contributed by atoms with Crippen LogP contribution in [0.5, 0.6) is 11.5 Å². The van der Waals surface area contributed by atoms with E-state index in [1.54, 1.807) is 0 Å². The fourth-order valence-electron chi connectivity index (χ4n) is 7.69. The number of anilines is 4. The summed E-state index contributed by atoms with van der Waals surface area (Å²) in [6, 6.07) is 50.7. The Morgan fingerprint density at radius 3 is 2.19 bits per heavy atom. The molecule has 3 aromatic heterocycles. The second kappa shape index (κ2) is 11.5. The molecular formula is C46H36N4O2. The zero-order valence-electron chi connectivity index (χ0n) is 29.2. The third-order valence-corrected chi connectivity index (χ3v) is 10.3. The summed E-state index contributed by atoms with van der Waals surface area (Å²) in [7, 11) is 0. The van der Waals surface area contributed by atoms with Crippen LogP contribution >= 0.6 is 0 Å². The maximum atomic E-state index is 6.69. The highest BCUT2D eigenvalue weighted by Gasteiger charge is 2.32. The lowest BCUT2D eigenvalue weighted by Gasteiger charge is -2.22. The van der Waals surface area contributed by atoms with E-state index in [1.807, 2.05) is 24.4 Å². The largest absolute Gasteiger partial charge is 0.457 e. The molecule has 52 heavy (non-hydrogen) atoms. The number of hydrogen-bond donors (Lipinski definition) is 0. The van der Waals surface area contributed by atoms with Crippen LogP contribution in [0.1, 0.15) is 26.3 Å². The maximum absolute atomic E-state index is 6.69. The number of aromatic nitrogens is 2. The minimum absolute atomic E-state index is 0.0000944. The molecule has 0 bridgehead atoms. The van der Waals surface area contributed by atoms with Crippen LogP contribution < -0.4 is 14.5 Å². The number of furan rings is 1. The van der Waals surface area contributed by atoms with Crippen molar-refractivity contribution in [2.75, 3.05) is 16.5 Å². The highest BCUT2D eigenvalue weighted by Crippen LogP contribution is 2.50. The first-order chi connectivity index (χ1) is 25.4. The molecule has 0 unspecified atom stereocenters. The number of rotatable bonds is 5. The van der Waals surface area contributed by atoms with Crippen molar-refractivity contribution in [1.29, 1.82) is 0 Å². The van der Waals surface area contributed by atoms with Crippen molar-refractivity contribution >= 4 is 66.5 Å². The number of ether oxygens (including phenoxy) is 1. The van der Waals surface area contributed by atoms with Crippen molar-refractivity contribution in [2.45, 2.75) is 26.2 Å². The molecule has 9 aromatic rings. The first-order valence-corrected chi connectivity index (χ1v) is 17.7. The molecule has 6 heteroatoms. The zero-order chi connectivity index (χ0) is 35.0. The van der Waals surface area contributed by atoms with Gasteiger partial charge in [0.2, 0.25) is 0 Å². The quantitative estimate of drug-likeness (QED) is 0.182. The van der Waals surface area contributed by atoms with Gasteiger partial charge in [0.05, 0.1) is 16.7 Å². The van der Waals surface area contributed by atoms with Gasteiger partial charge in [0.25, 0.3) is 0 Å². The molecule has 6 aromatic carbocycles. The Labute approximate surface area is 301 Å². The summed E-state index contributed by atoms with van der Waals surface area (Å²) in [5.41, 5.74) is 9.46. The van der Waals surface area contributed by atoms with Gasteiger partial charge in [0, 0.05) is 51.2 Å². The fourth-order valence-corrected chi connectivity index (χ4v) is 7.69. The summed E-state index contributed by atoms with van der Waals surface area (Å²) in [5, 5.41) is 4.56. The van der Waals surface area contributed by atoms with Gasteiger partial charge in [-0.3, -0.25) is 4.57 Å². The van der Waals surface area contributed by atoms with E-state index >= 15 is 0 Å². The lowest BCUT2D eigenvalue weighted by Crippen LogP contribution is -2.23. The van der Waals surface area contributed by atoms with Gasteiger partial charge in [-0.25, -0.2) is 4.98 Å². The molecule has 0 N–H and O–H groups in total. The Bertz CT molecular complexity index is 2810. The highest BCUT2D eigenvalue weighted by molar-refractivity contribution is 6.14. The van der Waals surface area contributed by atoms with Crippen LogP contribution in [0.25, 0.3) is 49.6 Å². The van der Waals surface area contributed by atoms with Gasteiger partial charge in [-0.2, -0.15) is 0 Å². The van der Waals surface area contributed by atoms with Crippen molar-refractivity contribution in [3.8, 4) is 17.3 Å². The van der Waals surface area contributed by atoms with E-state index in [2.05, 4.69) is 163 Å². The van der Waals surface area contributed by atoms with Crippen LogP contribution in [-0.4, -0.2) is 16.2 Å². The van der Waals surface area contributed by atoms with Gasteiger partial charge in [-0.05, 0) is 83.8 Å². The molecule has 6 nitrogen and oxygen atoms in total. The molecule has 4 heterocycles. The zero-order valence-corrected chi connectivity index (χ0v) is 29.2. The molecule has 0 fully saturated rings. The third-order valence-electron chi connectivity index (χ3n) is 10.3. The monoisotopic (exact) mass is 676 g/mol. The molecule has 10 rings (SSSR count). The second-order valence-electron chi connectivity index (χ2n) is 14.5. The lowest BCUT2D eigenvalue weighted by molar-refractivity contribution is 0.483. The average Bonchev–Trinajstić information content (AvgIpc) is 3.85. The Hall–Kier alpha value is -6.53. The van der Waals surface area contributed by atoms with E-state index in [0.717, 1.165) is 78.4 Å². The lowest BCUT2D eigenvalue weighted by atomic mass is 9.88. The topological polar surface area (TPSA) is 46.7 Å². The number of nitrogens with zero attached hydrogens (tertiary/aromatic N) is 4. The molecule has 1 aliphatic rings. The van der Waals surface area contributed by atoms with Crippen LogP contribution in [0.4, 0.5) is 22.7 Å². The molecule has 0 radical (unpaired) electrons. The third kappa shape index (κ3) is 4.83. The van der Waals surface area contributed by atoms with Gasteiger partial charge in [0.1, 0.15) is 35.3 Å². The molecule has 252 valence electrons. The van der Waals surface area contributed by atoms with E-state index in [0.29, 0.717) is 6.67 Å². The predicted octanol–water partition coefficient (Wildman–Crippen LogP) is 12.4. The van der Waals surface area contributed by atoms with Gasteiger partial charge >= 0.3 is 0 Å². The van der Waals surface area contributed by atoms with Crippen LogP contribution in [-0.2, 0) is 5.41 Å². The van der Waals surface area contributed by atoms with Gasteiger partial charge < -0.3 is 19.0 Å². The van der Waals surface area contributed by atoms with Crippen LogP contribution in [0.2, 0.25) is 0 Å². The molecule has 0 spiro atoms. The molecule has 0 atom stereocenters. The van der Waals surface area contributed by atoms with E-state index in [9.17, 15) is 0 Å². The predicted molar refractivity (Wildman–Crippen MR) is 213 cm³/mol. The van der Waals surface area contributed by atoms with Crippen molar-refractivity contribution in [2.24, 2.45) is 0 Å². The van der Waals surface area contributed by atoms with Gasteiger partial charge in [-0.1, -0.05) is 81.4 Å². The Morgan fingerprint density at radius 1 is 0.596 bits per heavy atom. The molecule has 0 saturated carbocycles. The van der Waals surface area contributed by atoms with Gasteiger partial charge in [-0.15, -0.1) is 0 Å². The van der Waals surface area contributed by atoms with E-state index in [1.165, 1.54) is 10.9 Å². The summed E-state index contributed by atoms with van der Waals surface area (Å²) in [4.78, 5) is 9.52. The molecular weight excluding hydrogens is 641 g/mol. The Kier molecular flexibility index (Phi) is 6.70. The average molecular weight is 677 g/mol. The number of hydrogen-bond acceptors (Lipinski definition) is 5. The smallest absolute Gasteiger partial charge is 0.161 e. The maximum Gasteiger partial charge on any atom is 0.161 e. The molecule has 1 aliphatic heterocycles. The first kappa shape index (κ1) is 30.3. The second-order valence-corrected chi connectivity index (χ2v) is 14.5. The minimum atomic E-state index is -0.0000944. The van der Waals surface area contributed by atoms with Crippen LogP contribution in [0.3, 0.4) is 0 Å². The van der Waals surface area contributed by atoms with Crippen molar-refractivity contribution in [3.05, 3.63) is 157 Å². The van der Waals surface area contributed by atoms with E-state index in [-0.39, 0.29) is 5.41 Å². The van der Waals surface area contributed by atoms with Crippen molar-refractivity contribution < 1.29 is 9.15 Å². The first-order valence-electron chi connectivity index (χ1n) is 17.7. The molecule has 0 aliphatic carbocycles. The van der Waals surface area contributed by atoms with E-state index < -0.39 is 0 Å². The van der Waals surface area contributed by atoms with E-state index in [4.69, 9.17) is 14.1 Å². The van der Waals surface area contributed by atoms with Crippen molar-refractivity contribution in [3.63, 3.8) is 0 Å². The SMILES string of the molecule is CC(C)(C)c1ccnc(-n2c3ccccc3c3ccc(Oc4cccc(N5CN(c6ccccc6)c6ccc7c(oc8ccccc87)c65)c4)cc32)c1. The Balaban J connectivity index is 1.07. The van der Waals surface area contributed by atoms with Crippen molar-refractivity contribution in [1.82, 2.24) is 9.55 Å². The summed E-state index contributed by atoms with van der Waals surface area (Å²) in [6.45, 7) is 7.33. The fraction of sp³-hybridized carbons (Fsp3) is 0.109. The van der Waals surface area contributed by atoms with Crippen LogP contribution in [0, 0.1) is 0 Å². The Morgan fingerprint density at radius 2 is 1.33 bits per heavy atom. The summed E-state index contributed by atoms with van der Waals surface area (Å²) >= 11 is 0. The summed E-state index contributed by atoms with van der Waals surface area (Å²) < 4.78 is 15.5. The summed E-state index contributed by atoms with van der Waals surface area (Å²) in [6.07, 6.45) is 1.91. The highest BCUT2D eigenvalue weighted by atomic mass is 16.5. The summed E-state index contributed by atoms with van der Waals surface area (Å²) in [5.74, 6) is 2.40. The number of pyridine rings is 1. The minimum Gasteiger partial charge on any atom is -0.457 e. The standard InChI is InChI=1S/C46H36N4O2/c1-46(2,3)30-24-25-47-43(26-30)50-39-18-9-7-16-35(39)36-21-20-34(28-41(36)50)51-33-15-11-14-32(27-33)49-29-48(31-12-5-4-6-13-31)40-23-22-38-37-17-8-10-19-42(37)52-45(38)44(40)49/h4-28H,29H2,1-3H3. The number of para-hydroxylation sites is 3. The molecule has 0 saturated heterocycles. The van der Waals surface area contributed by atoms with Gasteiger partial charge in [0.15, 0.2) is 5.58 Å². The van der Waals surface area contributed by atoms with Crippen LogP contribution in [0.15, 0.2) is 156 Å². The molecule has 0 amide bonds. The number of benzene rings is 6. The normalized spacial score (nSPS) is 13.1.